The summed E-state index contributed by atoms with van der Waals surface area (Å²) < 4.78 is 7.29. The second kappa shape index (κ2) is 4.07. The van der Waals surface area contributed by atoms with Gasteiger partial charge in [-0.15, -0.1) is 0 Å². The number of rotatable bonds is 1. The van der Waals surface area contributed by atoms with Crippen LogP contribution < -0.4 is 0 Å². The molecule has 4 atom stereocenters. The van der Waals surface area contributed by atoms with Crippen LogP contribution in [0.3, 0.4) is 0 Å². The van der Waals surface area contributed by atoms with Crippen molar-refractivity contribution in [3.05, 3.63) is 12.2 Å². The van der Waals surface area contributed by atoms with Crippen molar-refractivity contribution in [3.63, 3.8) is 0 Å². The fourth-order valence-electron chi connectivity index (χ4n) is 3.40. The van der Waals surface area contributed by atoms with Gasteiger partial charge in [0.25, 0.3) is 0 Å². The average molecular weight is 290 g/mol. The summed E-state index contributed by atoms with van der Waals surface area (Å²) in [6, 6.07) is -0.00941. The summed E-state index contributed by atoms with van der Waals surface area (Å²) in [6.07, 6.45) is 4.17. The van der Waals surface area contributed by atoms with E-state index in [9.17, 15) is 9.59 Å². The third-order valence-corrected chi connectivity index (χ3v) is 11.0. The maximum absolute atomic E-state index is 12.0. The molecule has 4 rings (SSSR count). The van der Waals surface area contributed by atoms with Gasteiger partial charge in [-0.25, -0.2) is 0 Å². The van der Waals surface area contributed by atoms with Crippen molar-refractivity contribution in [2.45, 2.75) is 50.8 Å². The smallest absolute Gasteiger partial charge is 0.319 e. The fourth-order valence-corrected chi connectivity index (χ4v) is 5.71. The Bertz CT molecular complexity index is 511. The molecule has 0 amide bonds. The Morgan fingerprint density at radius 2 is 1.75 bits per heavy atom. The highest BCUT2D eigenvalue weighted by Gasteiger charge is 2.60. The van der Waals surface area contributed by atoms with Crippen LogP contribution in [0.4, 0.5) is 0 Å². The van der Waals surface area contributed by atoms with E-state index in [0.29, 0.717) is 0 Å². The van der Waals surface area contributed by atoms with E-state index >= 15 is 0 Å². The predicted octanol–water partition coefficient (Wildman–Crippen LogP) is 1.97. The number of hydrogen-bond donors (Lipinski definition) is 0. The van der Waals surface area contributed by atoms with Crippen molar-refractivity contribution in [2.75, 3.05) is 0 Å². The largest absolute Gasteiger partial charge is 0.393 e. The Balaban J connectivity index is 1.99. The first-order valence-corrected chi connectivity index (χ1v) is 10.2. The molecule has 20 heavy (non-hydrogen) atoms. The number of hydrogen-bond acceptors (Lipinski definition) is 4. The lowest BCUT2D eigenvalue weighted by Gasteiger charge is -2.56. The Morgan fingerprint density at radius 1 is 1.15 bits per heavy atom. The van der Waals surface area contributed by atoms with Crippen LogP contribution in [-0.4, -0.2) is 38.1 Å². The molecule has 2 bridgehead atoms. The minimum absolute atomic E-state index is 0.00941. The predicted molar refractivity (Wildman–Crippen MR) is 79.5 cm³/mol. The van der Waals surface area contributed by atoms with E-state index in [1.165, 1.54) is 0 Å². The van der Waals surface area contributed by atoms with Gasteiger partial charge in [-0.2, -0.15) is 0 Å². The van der Waals surface area contributed by atoms with Gasteiger partial charge in [-0.05, 0) is 10.9 Å². The lowest BCUT2D eigenvalue weighted by atomic mass is 9.55. The lowest BCUT2D eigenvalue weighted by molar-refractivity contribution is -0.153. The number of allylic oxidation sites excluding steroid dienone is 1. The summed E-state index contributed by atoms with van der Waals surface area (Å²) in [5, 5.41) is 0.191. The first-order chi connectivity index (χ1) is 9.14. The van der Waals surface area contributed by atoms with Crippen molar-refractivity contribution in [2.24, 2.45) is 11.8 Å². The van der Waals surface area contributed by atoms with E-state index in [-0.39, 0.29) is 40.7 Å². The topological polar surface area (TPSA) is 46.6 Å². The minimum Gasteiger partial charge on any atom is -0.393 e. The van der Waals surface area contributed by atoms with Gasteiger partial charge in [0.2, 0.25) is 7.41 Å². The van der Waals surface area contributed by atoms with Crippen molar-refractivity contribution in [3.8, 4) is 0 Å². The molecular weight excluding hydrogens is 269 g/mol. The van der Waals surface area contributed by atoms with E-state index < -0.39 is 8.24 Å². The molecule has 3 aliphatic heterocycles. The Hall–Kier alpha value is -0.878. The lowest BCUT2D eigenvalue weighted by Crippen LogP contribution is -2.67. The molecule has 2 fully saturated rings. The van der Waals surface area contributed by atoms with Gasteiger partial charge in [-0.3, -0.25) is 9.59 Å². The first-order valence-electron chi connectivity index (χ1n) is 7.22. The quantitative estimate of drug-likeness (QED) is 0.320. The SMILES string of the molecule is CC(C)(C)[Si](C)(C)N1[B]C2C=CC1C1C(=O)OC(=O)C21. The maximum Gasteiger partial charge on any atom is 0.319 e. The zero-order valence-electron chi connectivity index (χ0n) is 12.7. The highest BCUT2D eigenvalue weighted by molar-refractivity contribution is 6.83. The first kappa shape index (κ1) is 14.1. The molecule has 0 saturated carbocycles. The molecule has 2 saturated heterocycles. The van der Waals surface area contributed by atoms with Crippen molar-refractivity contribution >= 4 is 27.6 Å². The Morgan fingerprint density at radius 3 is 2.35 bits per heavy atom. The van der Waals surface area contributed by atoms with Crippen LogP contribution in [0.15, 0.2) is 12.2 Å². The van der Waals surface area contributed by atoms with Crippen LogP contribution in [0.5, 0.6) is 0 Å². The second-order valence-corrected chi connectivity index (χ2v) is 12.7. The van der Waals surface area contributed by atoms with Crippen LogP contribution in [-0.2, 0) is 14.3 Å². The standard InChI is InChI=1S/C14H21BNO3Si/c1-14(2,3)20(4,5)16-9-7-6-8(15-16)10-11(9)13(18)19-12(10)17/h6-11H,1-5H3. The molecule has 0 aromatic rings. The molecule has 0 spiro atoms. The number of cyclic esters (lactones) is 2. The van der Waals surface area contributed by atoms with Gasteiger partial charge < -0.3 is 9.21 Å². The highest BCUT2D eigenvalue weighted by Crippen LogP contribution is 2.50. The van der Waals surface area contributed by atoms with Crippen LogP contribution >= 0.6 is 0 Å². The highest BCUT2D eigenvalue weighted by atomic mass is 28.3. The number of nitrogens with zero attached hydrogens (tertiary/aromatic N) is 1. The molecule has 4 unspecified atom stereocenters. The Labute approximate surface area is 121 Å². The molecule has 107 valence electrons. The van der Waals surface area contributed by atoms with E-state index in [4.69, 9.17) is 4.74 Å². The maximum atomic E-state index is 12.0. The van der Waals surface area contributed by atoms with Gasteiger partial charge in [0.1, 0.15) is 8.24 Å². The van der Waals surface area contributed by atoms with E-state index in [0.717, 1.165) is 0 Å². The van der Waals surface area contributed by atoms with E-state index in [1.54, 1.807) is 0 Å². The third kappa shape index (κ3) is 1.70. The van der Waals surface area contributed by atoms with Crippen molar-refractivity contribution in [1.29, 1.82) is 0 Å². The monoisotopic (exact) mass is 290 g/mol. The fraction of sp³-hybridized carbons (Fsp3) is 0.714. The third-order valence-electron chi connectivity index (χ3n) is 5.58. The van der Waals surface area contributed by atoms with Gasteiger partial charge in [0, 0.05) is 6.04 Å². The van der Waals surface area contributed by atoms with Crippen LogP contribution in [0.2, 0.25) is 23.9 Å². The Kier molecular flexibility index (Phi) is 2.87. The summed E-state index contributed by atoms with van der Waals surface area (Å²) >= 11 is 0. The summed E-state index contributed by atoms with van der Waals surface area (Å²) in [6.45, 7) is 11.4. The minimum atomic E-state index is -1.76. The van der Waals surface area contributed by atoms with Crippen molar-refractivity contribution in [1.82, 2.24) is 4.48 Å². The van der Waals surface area contributed by atoms with E-state index in [2.05, 4.69) is 57.9 Å². The molecule has 1 radical (unpaired) electrons. The molecule has 0 aromatic carbocycles. The van der Waals surface area contributed by atoms with Gasteiger partial charge in [0.05, 0.1) is 11.8 Å². The molecular formula is C14H21BNO3Si. The van der Waals surface area contributed by atoms with Crippen LogP contribution in [0.1, 0.15) is 20.8 Å². The van der Waals surface area contributed by atoms with Gasteiger partial charge >= 0.3 is 11.9 Å². The van der Waals surface area contributed by atoms with Crippen molar-refractivity contribution < 1.29 is 14.3 Å². The molecule has 1 aliphatic carbocycles. The summed E-state index contributed by atoms with van der Waals surface area (Å²) in [7, 11) is 0.422. The molecule has 4 nitrogen and oxygen atoms in total. The zero-order chi connectivity index (χ0) is 14.9. The molecule has 6 heteroatoms. The normalized spacial score (nSPS) is 36.9. The zero-order valence-corrected chi connectivity index (χ0v) is 13.7. The van der Waals surface area contributed by atoms with Crippen LogP contribution in [0, 0.1) is 11.8 Å². The second-order valence-electron chi connectivity index (χ2n) is 7.61. The summed E-state index contributed by atoms with van der Waals surface area (Å²) in [5.74, 6) is -1.27. The molecule has 0 aromatic heterocycles. The molecule has 4 aliphatic rings. The number of ether oxygens (including phenoxy) is 1. The number of carbonyl (C=O) groups excluding carboxylic acids is 2. The average Bonchev–Trinajstić information content (AvgIpc) is 2.66. The number of esters is 2. The molecule has 0 N–H and O–H groups in total. The van der Waals surface area contributed by atoms with E-state index in [1.807, 2.05) is 0 Å². The molecule has 3 heterocycles. The number of carbonyl (C=O) groups is 2. The number of fused-ring (bicyclic) bond motifs is 1. The van der Waals surface area contributed by atoms with Gasteiger partial charge in [-0.1, -0.05) is 46.0 Å². The summed E-state index contributed by atoms with van der Waals surface area (Å²) in [4.78, 5) is 23.9. The summed E-state index contributed by atoms with van der Waals surface area (Å²) in [5.41, 5.74) is 0. The van der Waals surface area contributed by atoms with Crippen LogP contribution in [0.25, 0.3) is 0 Å². The van der Waals surface area contributed by atoms with Gasteiger partial charge in [0.15, 0.2) is 0 Å².